The fraction of sp³-hybridized carbons (Fsp3) is 0.600. The Kier molecular flexibility index (Phi) is 4.45. The number of benzene rings is 1. The van der Waals surface area contributed by atoms with Crippen molar-refractivity contribution in [1.82, 2.24) is 0 Å². The molecule has 0 N–H and O–H groups in total. The molecule has 16 heavy (non-hydrogen) atoms. The standard InChI is InChI=1S/C15H21Br/c1-2-6-14(16)10-9-13-11-15(13)12-7-4-3-5-8-12/h3-5,7-8,13-15H,2,6,9-11H2,1H3. The van der Waals surface area contributed by atoms with Gasteiger partial charge in [-0.25, -0.2) is 0 Å². The first-order chi connectivity index (χ1) is 7.81. The van der Waals surface area contributed by atoms with Crippen LogP contribution in [-0.2, 0) is 0 Å². The fourth-order valence-corrected chi connectivity index (χ4v) is 3.25. The molecule has 1 heteroatoms. The Morgan fingerprint density at radius 3 is 2.69 bits per heavy atom. The third kappa shape index (κ3) is 3.35. The van der Waals surface area contributed by atoms with Crippen LogP contribution in [0.2, 0.25) is 0 Å². The van der Waals surface area contributed by atoms with E-state index in [1.54, 1.807) is 5.56 Å². The highest BCUT2D eigenvalue weighted by Crippen LogP contribution is 2.50. The summed E-state index contributed by atoms with van der Waals surface area (Å²) in [6.07, 6.45) is 6.78. The SMILES string of the molecule is CCCC(Br)CCC1CC1c1ccccc1. The third-order valence-corrected chi connectivity index (χ3v) is 4.52. The zero-order valence-corrected chi connectivity index (χ0v) is 11.6. The van der Waals surface area contributed by atoms with Crippen molar-refractivity contribution in [2.75, 3.05) is 0 Å². The molecular weight excluding hydrogens is 260 g/mol. The quantitative estimate of drug-likeness (QED) is 0.634. The molecule has 1 aliphatic carbocycles. The zero-order valence-electron chi connectivity index (χ0n) is 10.0. The molecule has 0 radical (unpaired) electrons. The molecule has 1 aliphatic rings. The topological polar surface area (TPSA) is 0 Å². The van der Waals surface area contributed by atoms with Crippen LogP contribution >= 0.6 is 15.9 Å². The summed E-state index contributed by atoms with van der Waals surface area (Å²) in [6.45, 7) is 2.26. The van der Waals surface area contributed by atoms with Crippen LogP contribution in [0, 0.1) is 5.92 Å². The number of halogens is 1. The normalized spacial score (nSPS) is 25.4. The van der Waals surface area contributed by atoms with E-state index in [-0.39, 0.29) is 0 Å². The van der Waals surface area contributed by atoms with Gasteiger partial charge in [0, 0.05) is 4.83 Å². The summed E-state index contributed by atoms with van der Waals surface area (Å²) >= 11 is 3.77. The average Bonchev–Trinajstić information content (AvgIpc) is 3.07. The molecule has 0 spiro atoms. The van der Waals surface area contributed by atoms with Gasteiger partial charge in [-0.15, -0.1) is 0 Å². The molecule has 0 bridgehead atoms. The Morgan fingerprint density at radius 2 is 2.00 bits per heavy atom. The van der Waals surface area contributed by atoms with Gasteiger partial charge >= 0.3 is 0 Å². The number of hydrogen-bond acceptors (Lipinski definition) is 0. The van der Waals surface area contributed by atoms with Crippen molar-refractivity contribution in [1.29, 1.82) is 0 Å². The molecule has 3 atom stereocenters. The van der Waals surface area contributed by atoms with E-state index in [9.17, 15) is 0 Å². The Hall–Kier alpha value is -0.300. The maximum Gasteiger partial charge on any atom is 0.0145 e. The van der Waals surface area contributed by atoms with E-state index >= 15 is 0 Å². The van der Waals surface area contributed by atoms with Crippen molar-refractivity contribution in [3.63, 3.8) is 0 Å². The minimum absolute atomic E-state index is 0.745. The maximum atomic E-state index is 3.77. The highest BCUT2D eigenvalue weighted by molar-refractivity contribution is 9.09. The second kappa shape index (κ2) is 5.86. The van der Waals surface area contributed by atoms with E-state index in [0.29, 0.717) is 0 Å². The monoisotopic (exact) mass is 280 g/mol. The molecule has 3 unspecified atom stereocenters. The Labute approximate surface area is 108 Å². The van der Waals surface area contributed by atoms with E-state index in [1.807, 2.05) is 0 Å². The van der Waals surface area contributed by atoms with Gasteiger partial charge in [0.05, 0.1) is 0 Å². The fourth-order valence-electron chi connectivity index (χ4n) is 2.53. The van der Waals surface area contributed by atoms with Gasteiger partial charge in [0.2, 0.25) is 0 Å². The predicted octanol–water partition coefficient (Wildman–Crippen LogP) is 5.13. The van der Waals surface area contributed by atoms with Crippen molar-refractivity contribution >= 4 is 15.9 Å². The van der Waals surface area contributed by atoms with Crippen molar-refractivity contribution < 1.29 is 0 Å². The zero-order chi connectivity index (χ0) is 11.4. The maximum absolute atomic E-state index is 3.77. The Balaban J connectivity index is 1.72. The molecule has 0 saturated heterocycles. The van der Waals surface area contributed by atoms with Gasteiger partial charge in [-0.1, -0.05) is 59.6 Å². The van der Waals surface area contributed by atoms with E-state index in [0.717, 1.165) is 16.7 Å². The van der Waals surface area contributed by atoms with Crippen molar-refractivity contribution in [2.45, 2.75) is 49.8 Å². The lowest BCUT2D eigenvalue weighted by Crippen LogP contribution is -1.97. The average molecular weight is 281 g/mol. The van der Waals surface area contributed by atoms with E-state index in [4.69, 9.17) is 0 Å². The number of rotatable bonds is 6. The summed E-state index contributed by atoms with van der Waals surface area (Å²) in [7, 11) is 0. The van der Waals surface area contributed by atoms with Gasteiger partial charge in [-0.2, -0.15) is 0 Å². The van der Waals surface area contributed by atoms with Crippen LogP contribution in [0.5, 0.6) is 0 Å². The molecule has 0 amide bonds. The molecule has 0 nitrogen and oxygen atoms in total. The van der Waals surface area contributed by atoms with E-state index in [1.165, 1.54) is 32.1 Å². The summed E-state index contributed by atoms with van der Waals surface area (Å²) in [5.74, 6) is 1.82. The van der Waals surface area contributed by atoms with Gasteiger partial charge in [0.15, 0.2) is 0 Å². The van der Waals surface area contributed by atoms with Crippen molar-refractivity contribution in [3.05, 3.63) is 35.9 Å². The molecular formula is C15H21Br. The summed E-state index contributed by atoms with van der Waals surface area (Å²) in [5.41, 5.74) is 1.55. The van der Waals surface area contributed by atoms with Crippen LogP contribution in [0.4, 0.5) is 0 Å². The van der Waals surface area contributed by atoms with Gasteiger partial charge < -0.3 is 0 Å². The van der Waals surface area contributed by atoms with Gasteiger partial charge in [-0.3, -0.25) is 0 Å². The number of hydrogen-bond donors (Lipinski definition) is 0. The molecule has 88 valence electrons. The van der Waals surface area contributed by atoms with Crippen molar-refractivity contribution in [2.24, 2.45) is 5.92 Å². The van der Waals surface area contributed by atoms with Crippen molar-refractivity contribution in [3.8, 4) is 0 Å². The summed E-state index contributed by atoms with van der Waals surface area (Å²) in [5, 5.41) is 0. The first-order valence-corrected chi connectivity index (χ1v) is 7.41. The van der Waals surface area contributed by atoms with Crippen LogP contribution in [0.15, 0.2) is 30.3 Å². The molecule has 1 aromatic carbocycles. The van der Waals surface area contributed by atoms with E-state index < -0.39 is 0 Å². The van der Waals surface area contributed by atoms with Gasteiger partial charge in [0.1, 0.15) is 0 Å². The van der Waals surface area contributed by atoms with Crippen LogP contribution in [0.3, 0.4) is 0 Å². The van der Waals surface area contributed by atoms with Gasteiger partial charge in [-0.05, 0) is 43.1 Å². The second-order valence-electron chi connectivity index (χ2n) is 4.98. The smallest absolute Gasteiger partial charge is 0.0145 e. The van der Waals surface area contributed by atoms with Crippen LogP contribution in [0.25, 0.3) is 0 Å². The molecule has 0 aliphatic heterocycles. The lowest BCUT2D eigenvalue weighted by atomic mass is 10.1. The lowest BCUT2D eigenvalue weighted by molar-refractivity contribution is 0.606. The highest BCUT2D eigenvalue weighted by Gasteiger charge is 2.37. The summed E-state index contributed by atoms with van der Waals surface area (Å²) in [6, 6.07) is 11.0. The van der Waals surface area contributed by atoms with Crippen LogP contribution in [-0.4, -0.2) is 4.83 Å². The Morgan fingerprint density at radius 1 is 1.25 bits per heavy atom. The molecule has 0 aromatic heterocycles. The molecule has 0 heterocycles. The molecule has 1 fully saturated rings. The highest BCUT2D eigenvalue weighted by atomic mass is 79.9. The first-order valence-electron chi connectivity index (χ1n) is 6.50. The minimum Gasteiger partial charge on any atom is -0.0891 e. The lowest BCUT2D eigenvalue weighted by Gasteiger charge is -2.07. The molecule has 1 aromatic rings. The molecule has 2 rings (SSSR count). The number of alkyl halides is 1. The minimum atomic E-state index is 0.745. The summed E-state index contributed by atoms with van der Waals surface area (Å²) < 4.78 is 0. The van der Waals surface area contributed by atoms with E-state index in [2.05, 4.69) is 53.2 Å². The third-order valence-electron chi connectivity index (χ3n) is 3.60. The summed E-state index contributed by atoms with van der Waals surface area (Å²) in [4.78, 5) is 0.745. The Bertz CT molecular complexity index is 306. The van der Waals surface area contributed by atoms with Crippen LogP contribution < -0.4 is 0 Å². The van der Waals surface area contributed by atoms with Gasteiger partial charge in [0.25, 0.3) is 0 Å². The predicted molar refractivity (Wildman–Crippen MR) is 74.1 cm³/mol. The first kappa shape index (κ1) is 12.2. The largest absolute Gasteiger partial charge is 0.0891 e. The molecule has 1 saturated carbocycles. The second-order valence-corrected chi connectivity index (χ2v) is 6.27. The van der Waals surface area contributed by atoms with Crippen LogP contribution in [0.1, 0.15) is 50.5 Å².